The van der Waals surface area contributed by atoms with Gasteiger partial charge >= 0.3 is 0 Å². The van der Waals surface area contributed by atoms with Gasteiger partial charge in [0.25, 0.3) is 0 Å². The molecule has 0 saturated carbocycles. The molecule has 0 amide bonds. The van der Waals surface area contributed by atoms with E-state index in [0.717, 1.165) is 11.3 Å². The van der Waals surface area contributed by atoms with Crippen molar-refractivity contribution < 1.29 is 8.42 Å². The molecule has 1 heterocycles. The number of sulfonamides is 1. The first-order chi connectivity index (χ1) is 7.10. The number of hydrogen-bond donors (Lipinski definition) is 1. The number of hydrogen-bond acceptors (Lipinski definition) is 3. The Morgan fingerprint density at radius 2 is 2.27 bits per heavy atom. The Balaban J connectivity index is 2.74. The van der Waals surface area contributed by atoms with E-state index in [0.29, 0.717) is 10.6 Å². The van der Waals surface area contributed by atoms with Crippen LogP contribution in [0.4, 0.5) is 0 Å². The van der Waals surface area contributed by atoms with E-state index in [1.54, 1.807) is 6.07 Å². The zero-order valence-corrected chi connectivity index (χ0v) is 10.1. The highest BCUT2D eigenvalue weighted by Crippen LogP contribution is 2.21. The molecule has 0 fully saturated rings. The molecular formula is C10H13NO2S2. The van der Waals surface area contributed by atoms with Gasteiger partial charge in [0.15, 0.2) is 0 Å². The first kappa shape index (κ1) is 12.2. The minimum Gasteiger partial charge on any atom is -0.209 e. The van der Waals surface area contributed by atoms with Gasteiger partial charge in [-0.3, -0.25) is 0 Å². The van der Waals surface area contributed by atoms with Crippen LogP contribution in [0.3, 0.4) is 0 Å². The lowest BCUT2D eigenvalue weighted by Crippen LogP contribution is -2.23. The average molecular weight is 243 g/mol. The van der Waals surface area contributed by atoms with Gasteiger partial charge in [0, 0.05) is 17.8 Å². The molecule has 82 valence electrons. The minimum absolute atomic E-state index is 0.290. The third-order valence-electron chi connectivity index (χ3n) is 1.81. The first-order valence-electron chi connectivity index (χ1n) is 4.62. The van der Waals surface area contributed by atoms with Crippen molar-refractivity contribution in [2.24, 2.45) is 0 Å². The Kier molecular flexibility index (Phi) is 4.33. The lowest BCUT2D eigenvalue weighted by molar-refractivity contribution is 0.584. The Bertz CT molecular complexity index is 454. The molecule has 3 nitrogen and oxygen atoms in total. The Morgan fingerprint density at radius 3 is 2.80 bits per heavy atom. The maximum Gasteiger partial charge on any atom is 0.250 e. The second kappa shape index (κ2) is 5.31. The second-order valence-corrected chi connectivity index (χ2v) is 6.09. The molecule has 0 aliphatic heterocycles. The topological polar surface area (TPSA) is 46.2 Å². The van der Waals surface area contributed by atoms with Crippen LogP contribution in [0.25, 0.3) is 0 Å². The molecule has 1 aromatic rings. The van der Waals surface area contributed by atoms with Crippen LogP contribution in [0.5, 0.6) is 0 Å². The van der Waals surface area contributed by atoms with Crippen molar-refractivity contribution in [3.63, 3.8) is 0 Å². The summed E-state index contributed by atoms with van der Waals surface area (Å²) in [4.78, 5) is 1.06. The molecule has 0 saturated heterocycles. The number of nitrogens with one attached hydrogen (secondary N) is 1. The first-order valence-corrected chi connectivity index (χ1v) is 6.92. The van der Waals surface area contributed by atoms with Crippen LogP contribution in [0.2, 0.25) is 0 Å². The van der Waals surface area contributed by atoms with Crippen LogP contribution in [0.15, 0.2) is 16.3 Å². The highest BCUT2D eigenvalue weighted by atomic mass is 32.2. The molecule has 0 aromatic carbocycles. The van der Waals surface area contributed by atoms with Gasteiger partial charge in [0.05, 0.1) is 0 Å². The third kappa shape index (κ3) is 3.34. The number of aryl methyl sites for hydroxylation is 1. The van der Waals surface area contributed by atoms with Crippen molar-refractivity contribution in [1.82, 2.24) is 4.72 Å². The zero-order chi connectivity index (χ0) is 11.3. The highest BCUT2D eigenvalue weighted by molar-refractivity contribution is 7.91. The summed E-state index contributed by atoms with van der Waals surface area (Å²) in [5, 5.41) is 0. The van der Waals surface area contributed by atoms with Crippen LogP contribution in [0.1, 0.15) is 18.2 Å². The van der Waals surface area contributed by atoms with Crippen LogP contribution in [-0.2, 0) is 16.4 Å². The van der Waals surface area contributed by atoms with Gasteiger partial charge in [0.2, 0.25) is 10.0 Å². The summed E-state index contributed by atoms with van der Waals surface area (Å²) in [7, 11) is -3.35. The fraction of sp³-hybridized carbons (Fsp3) is 0.400. The summed E-state index contributed by atoms with van der Waals surface area (Å²) in [5.41, 5.74) is 0. The maximum absolute atomic E-state index is 11.7. The Labute approximate surface area is 94.6 Å². The van der Waals surface area contributed by atoms with E-state index < -0.39 is 10.0 Å². The van der Waals surface area contributed by atoms with Gasteiger partial charge in [-0.05, 0) is 18.6 Å². The molecular weight excluding hydrogens is 230 g/mol. The molecule has 0 aliphatic carbocycles. The Hall–Kier alpha value is -0.830. The normalized spacial score (nSPS) is 11.2. The third-order valence-corrected chi connectivity index (χ3v) is 4.99. The molecule has 0 aliphatic rings. The number of terminal acetylenes is 1. The standard InChI is InChI=1S/C10H13NO2S2/c1-3-5-8-11-15(12,13)10-7-6-9(4-2)14-10/h1,6-7,11H,4-5,8H2,2H3. The fourth-order valence-electron chi connectivity index (χ4n) is 1.02. The predicted octanol–water partition coefficient (Wildman–Crippen LogP) is 1.61. The molecule has 0 atom stereocenters. The van der Waals surface area contributed by atoms with E-state index in [1.807, 2.05) is 13.0 Å². The summed E-state index contributed by atoms with van der Waals surface area (Å²) >= 11 is 1.30. The van der Waals surface area contributed by atoms with Crippen LogP contribution in [-0.4, -0.2) is 15.0 Å². The summed E-state index contributed by atoms with van der Waals surface area (Å²) in [6.07, 6.45) is 6.30. The SMILES string of the molecule is C#CCCNS(=O)(=O)c1ccc(CC)s1. The lowest BCUT2D eigenvalue weighted by atomic mass is 10.4. The van der Waals surface area contributed by atoms with Gasteiger partial charge in [-0.1, -0.05) is 6.92 Å². The summed E-state index contributed by atoms with van der Waals surface area (Å²) in [5.74, 6) is 2.38. The van der Waals surface area contributed by atoms with Crippen molar-refractivity contribution in [2.75, 3.05) is 6.54 Å². The summed E-state index contributed by atoms with van der Waals surface area (Å²) < 4.78 is 26.1. The molecule has 15 heavy (non-hydrogen) atoms. The average Bonchev–Trinajstić information content (AvgIpc) is 2.66. The fourth-order valence-corrected chi connectivity index (χ4v) is 3.39. The lowest BCUT2D eigenvalue weighted by Gasteiger charge is -2.01. The Morgan fingerprint density at radius 1 is 1.53 bits per heavy atom. The van der Waals surface area contributed by atoms with E-state index in [1.165, 1.54) is 11.3 Å². The van der Waals surface area contributed by atoms with Gasteiger partial charge in [-0.2, -0.15) is 0 Å². The van der Waals surface area contributed by atoms with Crippen molar-refractivity contribution in [3.8, 4) is 12.3 Å². The number of thiophene rings is 1. The van der Waals surface area contributed by atoms with Gasteiger partial charge in [-0.15, -0.1) is 23.7 Å². The molecule has 1 N–H and O–H groups in total. The van der Waals surface area contributed by atoms with Crippen molar-refractivity contribution in [2.45, 2.75) is 24.0 Å². The van der Waals surface area contributed by atoms with E-state index in [-0.39, 0.29) is 6.54 Å². The molecule has 5 heteroatoms. The summed E-state index contributed by atoms with van der Waals surface area (Å²) in [6.45, 7) is 2.28. The van der Waals surface area contributed by atoms with Gasteiger partial charge < -0.3 is 0 Å². The van der Waals surface area contributed by atoms with E-state index in [2.05, 4.69) is 10.6 Å². The predicted molar refractivity (Wildman–Crippen MR) is 62.3 cm³/mol. The van der Waals surface area contributed by atoms with Crippen LogP contribution < -0.4 is 4.72 Å². The van der Waals surface area contributed by atoms with Crippen LogP contribution >= 0.6 is 11.3 Å². The van der Waals surface area contributed by atoms with Crippen molar-refractivity contribution in [3.05, 3.63) is 17.0 Å². The smallest absolute Gasteiger partial charge is 0.209 e. The molecule has 1 rings (SSSR count). The van der Waals surface area contributed by atoms with E-state index in [9.17, 15) is 8.42 Å². The van der Waals surface area contributed by atoms with Gasteiger partial charge in [-0.25, -0.2) is 13.1 Å². The minimum atomic E-state index is -3.35. The molecule has 1 aromatic heterocycles. The summed E-state index contributed by atoms with van der Waals surface area (Å²) in [6, 6.07) is 3.46. The maximum atomic E-state index is 11.7. The highest BCUT2D eigenvalue weighted by Gasteiger charge is 2.15. The monoisotopic (exact) mass is 243 g/mol. The van der Waals surface area contributed by atoms with Crippen molar-refractivity contribution >= 4 is 21.4 Å². The van der Waals surface area contributed by atoms with E-state index >= 15 is 0 Å². The van der Waals surface area contributed by atoms with Gasteiger partial charge in [0.1, 0.15) is 4.21 Å². The quantitative estimate of drug-likeness (QED) is 0.631. The second-order valence-electron chi connectivity index (χ2n) is 2.93. The largest absolute Gasteiger partial charge is 0.250 e. The molecule has 0 bridgehead atoms. The van der Waals surface area contributed by atoms with Crippen molar-refractivity contribution in [1.29, 1.82) is 0 Å². The molecule has 0 radical (unpaired) electrons. The van der Waals surface area contributed by atoms with Crippen LogP contribution in [0, 0.1) is 12.3 Å². The molecule has 0 unspecified atom stereocenters. The number of rotatable bonds is 5. The van der Waals surface area contributed by atoms with E-state index in [4.69, 9.17) is 6.42 Å². The zero-order valence-electron chi connectivity index (χ0n) is 8.49. The molecule has 0 spiro atoms.